The molecule has 1 aromatic carbocycles. The molecule has 23 heavy (non-hydrogen) atoms. The van der Waals surface area contributed by atoms with E-state index in [1.165, 1.54) is 6.07 Å². The fourth-order valence-corrected chi connectivity index (χ4v) is 2.32. The van der Waals surface area contributed by atoms with Gasteiger partial charge in [0.15, 0.2) is 0 Å². The van der Waals surface area contributed by atoms with E-state index in [0.29, 0.717) is 17.7 Å². The highest BCUT2D eigenvalue weighted by molar-refractivity contribution is 6.30. The number of nitrogens with one attached hydrogen (secondary N) is 1. The largest absolute Gasteiger partial charge is 0.433 e. The van der Waals surface area contributed by atoms with Gasteiger partial charge in [0.2, 0.25) is 0 Å². The maximum Gasteiger partial charge on any atom is 0.433 e. The summed E-state index contributed by atoms with van der Waals surface area (Å²) in [5.74, 6) is 0. The smallest absolute Gasteiger partial charge is 0.306 e. The summed E-state index contributed by atoms with van der Waals surface area (Å²) >= 11 is 5.86. The molecule has 1 aromatic heterocycles. The molecule has 0 saturated carbocycles. The third kappa shape index (κ3) is 4.44. The molecular formula is C16H13ClF3N3. The lowest BCUT2D eigenvalue weighted by molar-refractivity contribution is -0.141. The molecule has 2 aromatic rings. The predicted octanol–water partition coefficient (Wildman–Crippen LogP) is 4.48. The lowest BCUT2D eigenvalue weighted by atomic mass is 10.1. The van der Waals surface area contributed by atoms with Crippen molar-refractivity contribution in [2.75, 3.05) is 0 Å². The standard InChI is InChI=1S/C16H13ClF3N3/c1-10(22-9-12-4-2-11(8-21)3-5-12)13-6-7-14(16(18,19)20)23-15(13)17/h2-7,10,22H,9H2,1H3. The van der Waals surface area contributed by atoms with E-state index in [-0.39, 0.29) is 11.2 Å². The highest BCUT2D eigenvalue weighted by Gasteiger charge is 2.33. The maximum atomic E-state index is 12.6. The number of rotatable bonds is 4. The summed E-state index contributed by atoms with van der Waals surface area (Å²) in [4.78, 5) is 3.41. The van der Waals surface area contributed by atoms with Crippen molar-refractivity contribution >= 4 is 11.6 Å². The Hall–Kier alpha value is -2.10. The number of hydrogen-bond acceptors (Lipinski definition) is 3. The molecule has 2 rings (SSSR count). The number of pyridine rings is 1. The predicted molar refractivity (Wildman–Crippen MR) is 80.7 cm³/mol. The lowest BCUT2D eigenvalue weighted by Gasteiger charge is -2.16. The molecule has 0 aliphatic heterocycles. The Kier molecular flexibility index (Phi) is 5.24. The number of aromatic nitrogens is 1. The molecule has 0 bridgehead atoms. The molecule has 0 amide bonds. The molecule has 1 heterocycles. The maximum absolute atomic E-state index is 12.6. The van der Waals surface area contributed by atoms with Gasteiger partial charge in [-0.1, -0.05) is 29.8 Å². The third-order valence-electron chi connectivity index (χ3n) is 3.33. The molecule has 1 atom stereocenters. The minimum Gasteiger partial charge on any atom is -0.306 e. The van der Waals surface area contributed by atoms with Crippen molar-refractivity contribution in [3.8, 4) is 6.07 Å². The molecule has 7 heteroatoms. The second kappa shape index (κ2) is 6.99. The van der Waals surface area contributed by atoms with Crippen LogP contribution in [-0.2, 0) is 12.7 Å². The first kappa shape index (κ1) is 17.3. The van der Waals surface area contributed by atoms with Crippen LogP contribution >= 0.6 is 11.6 Å². The quantitative estimate of drug-likeness (QED) is 0.836. The van der Waals surface area contributed by atoms with Gasteiger partial charge in [0, 0.05) is 18.2 Å². The van der Waals surface area contributed by atoms with E-state index in [9.17, 15) is 13.2 Å². The van der Waals surface area contributed by atoms with Crippen LogP contribution in [-0.4, -0.2) is 4.98 Å². The molecule has 1 N–H and O–H groups in total. The molecular weight excluding hydrogens is 327 g/mol. The molecule has 0 fully saturated rings. The Morgan fingerprint density at radius 1 is 1.22 bits per heavy atom. The van der Waals surface area contributed by atoms with E-state index in [4.69, 9.17) is 16.9 Å². The molecule has 0 spiro atoms. The van der Waals surface area contributed by atoms with Crippen LogP contribution < -0.4 is 5.32 Å². The molecule has 0 saturated heterocycles. The van der Waals surface area contributed by atoms with Crippen molar-refractivity contribution in [1.82, 2.24) is 10.3 Å². The van der Waals surface area contributed by atoms with Crippen LogP contribution in [0.2, 0.25) is 5.15 Å². The summed E-state index contributed by atoms with van der Waals surface area (Å²) in [7, 11) is 0. The monoisotopic (exact) mass is 339 g/mol. The third-order valence-corrected chi connectivity index (χ3v) is 3.63. The second-order valence-electron chi connectivity index (χ2n) is 4.99. The highest BCUT2D eigenvalue weighted by atomic mass is 35.5. The average Bonchev–Trinajstić information content (AvgIpc) is 2.52. The topological polar surface area (TPSA) is 48.7 Å². The van der Waals surface area contributed by atoms with Crippen molar-refractivity contribution in [3.63, 3.8) is 0 Å². The minimum absolute atomic E-state index is 0.167. The fourth-order valence-electron chi connectivity index (χ4n) is 2.00. The normalized spacial score (nSPS) is 12.7. The lowest BCUT2D eigenvalue weighted by Crippen LogP contribution is -2.19. The first-order chi connectivity index (χ1) is 10.8. The first-order valence-corrected chi connectivity index (χ1v) is 7.15. The second-order valence-corrected chi connectivity index (χ2v) is 5.34. The van der Waals surface area contributed by atoms with Gasteiger partial charge in [-0.3, -0.25) is 0 Å². The zero-order valence-electron chi connectivity index (χ0n) is 12.2. The van der Waals surface area contributed by atoms with Gasteiger partial charge in [-0.05, 0) is 30.7 Å². The van der Waals surface area contributed by atoms with Gasteiger partial charge in [0.25, 0.3) is 0 Å². The van der Waals surface area contributed by atoms with Crippen LogP contribution in [0.25, 0.3) is 0 Å². The van der Waals surface area contributed by atoms with Crippen molar-refractivity contribution < 1.29 is 13.2 Å². The molecule has 0 aliphatic rings. The fraction of sp³-hybridized carbons (Fsp3) is 0.250. The van der Waals surface area contributed by atoms with Gasteiger partial charge in [-0.2, -0.15) is 18.4 Å². The summed E-state index contributed by atoms with van der Waals surface area (Å²) in [6.45, 7) is 2.28. The van der Waals surface area contributed by atoms with Crippen molar-refractivity contribution in [2.45, 2.75) is 25.7 Å². The summed E-state index contributed by atoms with van der Waals surface area (Å²) in [5.41, 5.74) is 1.00. The number of hydrogen-bond donors (Lipinski definition) is 1. The van der Waals surface area contributed by atoms with E-state index in [1.54, 1.807) is 19.1 Å². The number of alkyl halides is 3. The van der Waals surface area contributed by atoms with Crippen molar-refractivity contribution in [3.05, 3.63) is 63.9 Å². The molecule has 0 radical (unpaired) electrons. The Morgan fingerprint density at radius 3 is 2.39 bits per heavy atom. The van der Waals surface area contributed by atoms with Gasteiger partial charge >= 0.3 is 6.18 Å². The summed E-state index contributed by atoms with van der Waals surface area (Å²) < 4.78 is 37.7. The molecule has 120 valence electrons. The van der Waals surface area contributed by atoms with Crippen LogP contribution in [0.3, 0.4) is 0 Å². The Balaban J connectivity index is 2.05. The number of halogens is 4. The van der Waals surface area contributed by atoms with Crippen LogP contribution in [0.4, 0.5) is 13.2 Å². The summed E-state index contributed by atoms with van der Waals surface area (Å²) in [6.07, 6.45) is -4.51. The van der Waals surface area contributed by atoms with Crippen LogP contribution in [0.5, 0.6) is 0 Å². The van der Waals surface area contributed by atoms with Crippen LogP contribution in [0, 0.1) is 11.3 Å². The van der Waals surface area contributed by atoms with Gasteiger partial charge in [-0.15, -0.1) is 0 Å². The number of benzene rings is 1. The van der Waals surface area contributed by atoms with Gasteiger partial charge in [-0.25, -0.2) is 4.98 Å². The zero-order valence-corrected chi connectivity index (χ0v) is 12.9. The van der Waals surface area contributed by atoms with E-state index in [2.05, 4.69) is 10.3 Å². The molecule has 3 nitrogen and oxygen atoms in total. The first-order valence-electron chi connectivity index (χ1n) is 6.77. The van der Waals surface area contributed by atoms with Gasteiger partial charge < -0.3 is 5.32 Å². The number of nitrogens with zero attached hydrogens (tertiary/aromatic N) is 2. The SMILES string of the molecule is CC(NCc1ccc(C#N)cc1)c1ccc(C(F)(F)F)nc1Cl. The van der Waals surface area contributed by atoms with Crippen molar-refractivity contribution in [2.24, 2.45) is 0 Å². The highest BCUT2D eigenvalue weighted by Crippen LogP contribution is 2.31. The Morgan fingerprint density at radius 2 is 1.87 bits per heavy atom. The summed E-state index contributed by atoms with van der Waals surface area (Å²) in [5, 5.41) is 11.7. The average molecular weight is 340 g/mol. The summed E-state index contributed by atoms with van der Waals surface area (Å²) in [6, 6.07) is 11.0. The Labute approximate surface area is 136 Å². The number of nitriles is 1. The molecule has 0 aliphatic carbocycles. The van der Waals surface area contributed by atoms with Gasteiger partial charge in [0.05, 0.1) is 11.6 Å². The van der Waals surface area contributed by atoms with E-state index >= 15 is 0 Å². The zero-order chi connectivity index (χ0) is 17.0. The van der Waals surface area contributed by atoms with Crippen LogP contribution in [0.15, 0.2) is 36.4 Å². The Bertz CT molecular complexity index is 721. The minimum atomic E-state index is -4.51. The van der Waals surface area contributed by atoms with E-state index in [0.717, 1.165) is 11.6 Å². The van der Waals surface area contributed by atoms with Crippen LogP contribution in [0.1, 0.15) is 35.3 Å². The van der Waals surface area contributed by atoms with E-state index < -0.39 is 11.9 Å². The van der Waals surface area contributed by atoms with Crippen molar-refractivity contribution in [1.29, 1.82) is 5.26 Å². The van der Waals surface area contributed by atoms with E-state index in [1.807, 2.05) is 18.2 Å². The molecule has 1 unspecified atom stereocenters. The van der Waals surface area contributed by atoms with Gasteiger partial charge in [0.1, 0.15) is 10.8 Å².